The average molecular weight is 285 g/mol. The van der Waals surface area contributed by atoms with Crippen molar-refractivity contribution in [2.24, 2.45) is 0 Å². The Balaban J connectivity index is 2.28. The first-order valence-corrected chi connectivity index (χ1v) is 7.63. The normalized spacial score (nSPS) is 23.4. The molecule has 1 aliphatic rings. The molecule has 2 unspecified atom stereocenters. The standard InChI is InChI=1S/C12H15NO5S/c1-8-11(4-6-18-8)19(16,17)7-10-9(12(14)15)3-2-5-13-10/h2-3,5,8,11H,4,6-7H2,1H3,(H,14,15). The lowest BCUT2D eigenvalue weighted by atomic mass is 10.2. The molecule has 1 aromatic rings. The molecule has 0 aliphatic carbocycles. The summed E-state index contributed by atoms with van der Waals surface area (Å²) in [5, 5.41) is 8.43. The van der Waals surface area contributed by atoms with Gasteiger partial charge in [-0.15, -0.1) is 0 Å². The van der Waals surface area contributed by atoms with Crippen LogP contribution < -0.4 is 0 Å². The third-order valence-corrected chi connectivity index (χ3v) is 5.44. The Morgan fingerprint density at radius 2 is 2.32 bits per heavy atom. The van der Waals surface area contributed by atoms with Crippen LogP contribution in [-0.4, -0.2) is 42.4 Å². The van der Waals surface area contributed by atoms with Crippen molar-refractivity contribution in [3.63, 3.8) is 0 Å². The summed E-state index contributed by atoms with van der Waals surface area (Å²) in [4.78, 5) is 14.9. The van der Waals surface area contributed by atoms with Crippen LogP contribution in [0.25, 0.3) is 0 Å². The minimum absolute atomic E-state index is 0.0716. The lowest BCUT2D eigenvalue weighted by Gasteiger charge is -2.15. The Kier molecular flexibility index (Phi) is 3.86. The third-order valence-electron chi connectivity index (χ3n) is 3.23. The van der Waals surface area contributed by atoms with Crippen LogP contribution in [0.5, 0.6) is 0 Å². The molecule has 0 bridgehead atoms. The highest BCUT2D eigenvalue weighted by molar-refractivity contribution is 7.91. The van der Waals surface area contributed by atoms with Crippen LogP contribution in [0.3, 0.4) is 0 Å². The van der Waals surface area contributed by atoms with Crippen molar-refractivity contribution < 1.29 is 23.1 Å². The lowest BCUT2D eigenvalue weighted by molar-refractivity contribution is 0.0695. The number of hydrogen-bond acceptors (Lipinski definition) is 5. The number of carbonyl (C=O) groups is 1. The highest BCUT2D eigenvalue weighted by Crippen LogP contribution is 2.24. The van der Waals surface area contributed by atoms with Gasteiger partial charge in [0, 0.05) is 12.8 Å². The summed E-state index contributed by atoms with van der Waals surface area (Å²) in [6.45, 7) is 2.13. The number of aromatic nitrogens is 1. The van der Waals surface area contributed by atoms with Crippen molar-refractivity contribution in [2.45, 2.75) is 30.5 Å². The zero-order chi connectivity index (χ0) is 14.0. The smallest absolute Gasteiger partial charge is 0.337 e. The van der Waals surface area contributed by atoms with Gasteiger partial charge in [0.15, 0.2) is 9.84 Å². The van der Waals surface area contributed by atoms with Crippen molar-refractivity contribution in [3.8, 4) is 0 Å². The van der Waals surface area contributed by atoms with E-state index in [-0.39, 0.29) is 23.1 Å². The fourth-order valence-electron chi connectivity index (χ4n) is 2.23. The summed E-state index contributed by atoms with van der Waals surface area (Å²) in [5.74, 6) is -1.54. The van der Waals surface area contributed by atoms with Crippen molar-refractivity contribution >= 4 is 15.8 Å². The van der Waals surface area contributed by atoms with Crippen LogP contribution in [0.1, 0.15) is 29.4 Å². The van der Waals surface area contributed by atoms with Gasteiger partial charge in [0.2, 0.25) is 0 Å². The molecular weight excluding hydrogens is 270 g/mol. The molecule has 1 fully saturated rings. The number of nitrogens with zero attached hydrogens (tertiary/aromatic N) is 1. The highest BCUT2D eigenvalue weighted by atomic mass is 32.2. The maximum atomic E-state index is 12.3. The van der Waals surface area contributed by atoms with E-state index >= 15 is 0 Å². The molecule has 1 N–H and O–H groups in total. The summed E-state index contributed by atoms with van der Waals surface area (Å²) in [7, 11) is -3.47. The second kappa shape index (κ2) is 5.26. The Morgan fingerprint density at radius 1 is 1.58 bits per heavy atom. The van der Waals surface area contributed by atoms with Gasteiger partial charge in [-0.05, 0) is 25.5 Å². The predicted molar refractivity (Wildman–Crippen MR) is 67.6 cm³/mol. The predicted octanol–water partition coefficient (Wildman–Crippen LogP) is 0.872. The van der Waals surface area contributed by atoms with E-state index in [1.165, 1.54) is 18.3 Å². The summed E-state index contributed by atoms with van der Waals surface area (Å²) < 4.78 is 29.8. The van der Waals surface area contributed by atoms with Crippen LogP contribution in [-0.2, 0) is 20.3 Å². The van der Waals surface area contributed by atoms with Gasteiger partial charge in [0.1, 0.15) is 0 Å². The molecular formula is C12H15NO5S. The summed E-state index contributed by atoms with van der Waals surface area (Å²) in [5.41, 5.74) is 0.00624. The highest BCUT2D eigenvalue weighted by Gasteiger charge is 2.36. The van der Waals surface area contributed by atoms with Crippen LogP contribution in [0.4, 0.5) is 0 Å². The number of aromatic carboxylic acids is 1. The van der Waals surface area contributed by atoms with Crippen molar-refractivity contribution in [1.82, 2.24) is 4.98 Å². The molecule has 0 saturated carbocycles. The molecule has 1 aromatic heterocycles. The molecule has 1 aliphatic heterocycles. The van der Waals surface area contributed by atoms with E-state index in [4.69, 9.17) is 9.84 Å². The molecule has 104 valence electrons. The first-order valence-electron chi connectivity index (χ1n) is 5.92. The van der Waals surface area contributed by atoms with Crippen molar-refractivity contribution in [3.05, 3.63) is 29.6 Å². The van der Waals surface area contributed by atoms with E-state index in [9.17, 15) is 13.2 Å². The Morgan fingerprint density at radius 3 is 2.89 bits per heavy atom. The van der Waals surface area contributed by atoms with Gasteiger partial charge < -0.3 is 9.84 Å². The molecule has 6 nitrogen and oxygen atoms in total. The minimum Gasteiger partial charge on any atom is -0.478 e. The SMILES string of the molecule is CC1OCCC1S(=O)(=O)Cc1ncccc1C(=O)O. The number of pyridine rings is 1. The van der Waals surface area contributed by atoms with E-state index in [0.29, 0.717) is 13.0 Å². The monoisotopic (exact) mass is 285 g/mol. The van der Waals surface area contributed by atoms with Crippen LogP contribution in [0, 0.1) is 0 Å². The first kappa shape index (κ1) is 14.0. The van der Waals surface area contributed by atoms with Gasteiger partial charge in [-0.1, -0.05) is 0 Å². The van der Waals surface area contributed by atoms with E-state index in [0.717, 1.165) is 0 Å². The number of rotatable bonds is 4. The van der Waals surface area contributed by atoms with Gasteiger partial charge >= 0.3 is 5.97 Å². The van der Waals surface area contributed by atoms with E-state index in [1.807, 2.05) is 0 Å². The molecule has 0 radical (unpaired) electrons. The lowest BCUT2D eigenvalue weighted by Crippen LogP contribution is -2.29. The molecule has 0 spiro atoms. The van der Waals surface area contributed by atoms with Crippen molar-refractivity contribution in [1.29, 1.82) is 0 Å². The maximum absolute atomic E-state index is 12.3. The fraction of sp³-hybridized carbons (Fsp3) is 0.500. The maximum Gasteiger partial charge on any atom is 0.337 e. The number of sulfone groups is 1. The van der Waals surface area contributed by atoms with Crippen LogP contribution >= 0.6 is 0 Å². The van der Waals surface area contributed by atoms with Crippen LogP contribution in [0.2, 0.25) is 0 Å². The molecule has 7 heteroatoms. The zero-order valence-corrected chi connectivity index (χ0v) is 11.3. The third kappa shape index (κ3) is 2.93. The molecule has 0 amide bonds. The van der Waals surface area contributed by atoms with Gasteiger partial charge in [0.05, 0.1) is 28.4 Å². The Bertz CT molecular complexity index is 584. The summed E-state index contributed by atoms with van der Waals surface area (Å²) >= 11 is 0. The van der Waals surface area contributed by atoms with Gasteiger partial charge in [-0.3, -0.25) is 4.98 Å². The molecule has 2 heterocycles. The number of carboxylic acid groups (broad SMARTS) is 1. The molecule has 2 atom stereocenters. The zero-order valence-electron chi connectivity index (χ0n) is 10.4. The van der Waals surface area contributed by atoms with Crippen molar-refractivity contribution in [2.75, 3.05) is 6.61 Å². The Labute approximate surface area is 111 Å². The Hall–Kier alpha value is -1.47. The fourth-order valence-corrected chi connectivity index (χ4v) is 4.17. The van der Waals surface area contributed by atoms with Gasteiger partial charge in [-0.25, -0.2) is 13.2 Å². The first-order chi connectivity index (χ1) is 8.92. The number of carboxylic acids is 1. The topological polar surface area (TPSA) is 93.6 Å². The van der Waals surface area contributed by atoms with E-state index in [1.54, 1.807) is 6.92 Å². The minimum atomic E-state index is -3.47. The second-order valence-corrected chi connectivity index (χ2v) is 6.73. The summed E-state index contributed by atoms with van der Waals surface area (Å²) in [6.07, 6.45) is 1.48. The molecule has 0 aromatic carbocycles. The largest absolute Gasteiger partial charge is 0.478 e. The summed E-state index contributed by atoms with van der Waals surface area (Å²) in [6, 6.07) is 2.83. The van der Waals surface area contributed by atoms with E-state index < -0.39 is 21.1 Å². The van der Waals surface area contributed by atoms with Gasteiger partial charge in [-0.2, -0.15) is 0 Å². The average Bonchev–Trinajstić information content (AvgIpc) is 2.76. The number of hydrogen-bond donors (Lipinski definition) is 1. The van der Waals surface area contributed by atoms with Crippen LogP contribution in [0.15, 0.2) is 18.3 Å². The quantitative estimate of drug-likeness (QED) is 0.882. The number of ether oxygens (including phenoxy) is 1. The molecule has 2 rings (SSSR count). The van der Waals surface area contributed by atoms with Gasteiger partial charge in [0.25, 0.3) is 0 Å². The second-order valence-electron chi connectivity index (χ2n) is 4.51. The molecule has 19 heavy (non-hydrogen) atoms. The van der Waals surface area contributed by atoms with E-state index in [2.05, 4.69) is 4.98 Å². The molecule has 1 saturated heterocycles.